The maximum absolute atomic E-state index is 13.4. The summed E-state index contributed by atoms with van der Waals surface area (Å²) in [5.74, 6) is -0.0199. The molecule has 0 saturated carbocycles. The lowest BCUT2D eigenvalue weighted by molar-refractivity contribution is -0.130. The summed E-state index contributed by atoms with van der Waals surface area (Å²) in [5, 5.41) is 17.5. The normalized spacial score (nSPS) is 13.2. The van der Waals surface area contributed by atoms with Crippen molar-refractivity contribution in [2.75, 3.05) is 214 Å². The Bertz CT molecular complexity index is 2670. The topological polar surface area (TPSA) is 119 Å². The minimum Gasteiger partial charge on any atom is -0.386 e. The molecular weight excluding hydrogens is 1180 g/mol. The largest absolute Gasteiger partial charge is 0.386 e. The number of piperazine rings is 1. The van der Waals surface area contributed by atoms with Crippen molar-refractivity contribution in [1.82, 2.24) is 90.3 Å². The van der Waals surface area contributed by atoms with Gasteiger partial charge in [-0.3, -0.25) is 14.6 Å². The minimum atomic E-state index is -0.0199. The van der Waals surface area contributed by atoms with Gasteiger partial charge in [-0.05, 0) is 45.4 Å². The quantitative estimate of drug-likeness (QED) is 0.0374. The van der Waals surface area contributed by atoms with Crippen LogP contribution in [0.4, 0.5) is 0 Å². The molecule has 19 heteroatoms. The maximum Gasteiger partial charge on any atom is 0.242 e. The summed E-state index contributed by atoms with van der Waals surface area (Å²) in [6.45, 7) is 89.2. The van der Waals surface area contributed by atoms with Crippen LogP contribution in [0.1, 0.15) is 65.2 Å². The summed E-state index contributed by atoms with van der Waals surface area (Å²) in [4.78, 5) is 41.3. The number of rotatable bonds is 55. The van der Waals surface area contributed by atoms with Gasteiger partial charge in [0.05, 0.1) is 91.1 Å². The molecule has 19 nitrogen and oxygen atoms in total. The van der Waals surface area contributed by atoms with E-state index in [0.29, 0.717) is 78.5 Å². The minimum absolute atomic E-state index is 0.0199. The number of allylic oxidation sites excluding steroid dienone is 2. The van der Waals surface area contributed by atoms with Gasteiger partial charge in [0, 0.05) is 215 Å². The van der Waals surface area contributed by atoms with Crippen molar-refractivity contribution in [1.29, 1.82) is 0 Å². The third-order valence-corrected chi connectivity index (χ3v) is 18.0. The fourth-order valence-electron chi connectivity index (χ4n) is 10.7. The number of unbranched alkanes of at least 4 members (excludes halogenated alkanes) is 1. The van der Waals surface area contributed by atoms with Gasteiger partial charge in [0.25, 0.3) is 0 Å². The molecule has 0 unspecified atom stereocenters. The van der Waals surface area contributed by atoms with Crippen LogP contribution in [0, 0.1) is 0 Å². The molecule has 1 amide bonds. The SMILES string of the molecule is C=C(C)CCCC(=C)N(C)CC(=C)N(C)CC(=C)N(C)CC(=C)N(C)CC(=C)N(C)CC(=C)N(C)CC(=C)N(C)CC(=C)N(C)CC(=O)N(C)CC(=C)NCCN1CCN(CC(=C)NCC(=C)NCC(=C)N(C)CC(=C)N[C@@H](CCCC)C(=C)NCC(=C)N2CCCC2)CC1. The number of nitrogens with one attached hydrogen (secondary N) is 5. The second-order valence-corrected chi connectivity index (χ2v) is 27.0. The summed E-state index contributed by atoms with van der Waals surface area (Å²) in [5.41, 5.74) is 15.4. The molecule has 2 fully saturated rings. The van der Waals surface area contributed by atoms with Crippen LogP contribution in [0.2, 0.25) is 0 Å². The molecule has 95 heavy (non-hydrogen) atoms. The predicted octanol–water partition coefficient (Wildman–Crippen LogP) is 8.50. The Hall–Kier alpha value is -7.77. The molecule has 0 radical (unpaired) electrons. The van der Waals surface area contributed by atoms with E-state index in [9.17, 15) is 4.79 Å². The van der Waals surface area contributed by atoms with E-state index < -0.39 is 0 Å². The number of likely N-dealkylation sites (tertiary alicyclic amines) is 1. The fourth-order valence-corrected chi connectivity index (χ4v) is 10.7. The summed E-state index contributed by atoms with van der Waals surface area (Å²) in [7, 11) is 20.0. The molecule has 2 heterocycles. The third-order valence-electron chi connectivity index (χ3n) is 18.0. The Morgan fingerprint density at radius 3 is 1.26 bits per heavy atom. The van der Waals surface area contributed by atoms with E-state index in [1.54, 1.807) is 4.90 Å². The van der Waals surface area contributed by atoms with E-state index >= 15 is 0 Å². The zero-order valence-electron chi connectivity index (χ0n) is 62.3. The standard InChI is InChI=1S/C76H134N18O/c1-29-30-36-75(74(18)80-47-66(10)94-38-31-32-39-94)81-63(7)49-82(19)65(9)46-79-60(4)45-78-62(6)50-93-43-41-92(42-44-93)40-37-77-61(5)48-91(28)76(95)58-90(27)73(17)57-89(26)72(16)56-88(25)71(15)55-87(24)70(14)54-86(23)69(13)53-85(22)68(12)52-84(21)67(11)51-83(20)64(8)35-33-34-59(2)3/h75,77-81H,2,4-18,29-58H2,1,3,19-28H3/t75-/m0/s1. The first-order valence-electron chi connectivity index (χ1n) is 34.0. The highest BCUT2D eigenvalue weighted by molar-refractivity contribution is 5.78. The molecule has 5 N–H and O–H groups in total. The van der Waals surface area contributed by atoms with E-state index in [0.717, 1.165) is 183 Å². The van der Waals surface area contributed by atoms with Crippen LogP contribution in [-0.2, 0) is 4.79 Å². The molecule has 1 atom stereocenters. The zero-order chi connectivity index (χ0) is 71.6. The predicted molar refractivity (Wildman–Crippen MR) is 409 cm³/mol. The second kappa shape index (κ2) is 43.3. The van der Waals surface area contributed by atoms with Crippen molar-refractivity contribution < 1.29 is 4.79 Å². The first-order valence-corrected chi connectivity index (χ1v) is 34.0. The van der Waals surface area contributed by atoms with Gasteiger partial charge >= 0.3 is 0 Å². The second-order valence-electron chi connectivity index (χ2n) is 27.0. The highest BCUT2D eigenvalue weighted by atomic mass is 16.2. The Balaban J connectivity index is 1.64. The molecule has 2 rings (SSSR count). The number of hydrogen-bond donors (Lipinski definition) is 5. The van der Waals surface area contributed by atoms with Crippen LogP contribution in [0.25, 0.3) is 0 Å². The van der Waals surface area contributed by atoms with Gasteiger partial charge in [-0.1, -0.05) is 124 Å². The van der Waals surface area contributed by atoms with Gasteiger partial charge in [0.1, 0.15) is 0 Å². The Kier molecular flexibility index (Phi) is 38.0. The van der Waals surface area contributed by atoms with Gasteiger partial charge in [-0.25, -0.2) is 0 Å². The molecule has 534 valence electrons. The smallest absolute Gasteiger partial charge is 0.242 e. The molecule has 0 bridgehead atoms. The zero-order valence-corrected chi connectivity index (χ0v) is 62.3. The molecule has 2 aliphatic heterocycles. The number of amides is 1. The summed E-state index contributed by atoms with van der Waals surface area (Å²) in [6, 6.07) is 0.0866. The van der Waals surface area contributed by atoms with Crippen LogP contribution in [-0.4, -0.2) is 290 Å². The molecule has 2 saturated heterocycles. The highest BCUT2D eigenvalue weighted by Crippen LogP contribution is 2.19. The van der Waals surface area contributed by atoms with Crippen LogP contribution in [0.3, 0.4) is 0 Å². The summed E-state index contributed by atoms with van der Waals surface area (Å²) in [6.07, 6.45) is 8.67. The van der Waals surface area contributed by atoms with E-state index in [1.165, 1.54) is 18.4 Å². The van der Waals surface area contributed by atoms with Crippen LogP contribution in [0.5, 0.6) is 0 Å². The van der Waals surface area contributed by atoms with Gasteiger partial charge in [-0.15, -0.1) is 6.58 Å². The average molecular weight is 1320 g/mol. The molecule has 0 aromatic rings. The summed E-state index contributed by atoms with van der Waals surface area (Å²) < 4.78 is 0. The Labute approximate surface area is 580 Å². The van der Waals surface area contributed by atoms with Gasteiger partial charge in [0.2, 0.25) is 5.91 Å². The first-order chi connectivity index (χ1) is 44.6. The molecule has 0 aliphatic carbocycles. The third kappa shape index (κ3) is 33.0. The van der Waals surface area contributed by atoms with Crippen molar-refractivity contribution in [2.24, 2.45) is 0 Å². The molecule has 0 aromatic carbocycles. The monoisotopic (exact) mass is 1320 g/mol. The Morgan fingerprint density at radius 2 is 0.811 bits per heavy atom. The van der Waals surface area contributed by atoms with Gasteiger partial charge in [0.15, 0.2) is 0 Å². The van der Waals surface area contributed by atoms with Crippen molar-refractivity contribution in [3.8, 4) is 0 Å². The lowest BCUT2D eigenvalue weighted by Crippen LogP contribution is -2.49. The summed E-state index contributed by atoms with van der Waals surface area (Å²) >= 11 is 0. The molecule has 0 spiro atoms. The lowest BCUT2D eigenvalue weighted by atomic mass is 10.1. The maximum atomic E-state index is 13.4. The van der Waals surface area contributed by atoms with Crippen LogP contribution >= 0.6 is 0 Å². The van der Waals surface area contributed by atoms with E-state index in [1.807, 2.05) is 61.3 Å². The molecule has 2 aliphatic rings. The van der Waals surface area contributed by atoms with Gasteiger partial charge in [-0.2, -0.15) is 0 Å². The van der Waals surface area contributed by atoms with Gasteiger partial charge < -0.3 is 80.5 Å². The van der Waals surface area contributed by atoms with Crippen molar-refractivity contribution in [3.63, 3.8) is 0 Å². The lowest BCUT2D eigenvalue weighted by Gasteiger charge is -2.35. The van der Waals surface area contributed by atoms with E-state index in [4.69, 9.17) is 0 Å². The average Bonchev–Trinajstić information content (AvgIpc) is 2.97. The van der Waals surface area contributed by atoms with E-state index in [-0.39, 0.29) is 18.5 Å². The van der Waals surface area contributed by atoms with Crippen molar-refractivity contribution in [2.45, 2.75) is 71.3 Å². The van der Waals surface area contributed by atoms with Crippen molar-refractivity contribution in [3.05, 3.63) is 196 Å². The van der Waals surface area contributed by atoms with Crippen LogP contribution in [0.15, 0.2) is 196 Å². The van der Waals surface area contributed by atoms with Crippen molar-refractivity contribution >= 4 is 5.91 Å². The Morgan fingerprint density at radius 1 is 0.400 bits per heavy atom. The number of carbonyl (C=O) groups is 1. The number of likely N-dealkylation sites (N-methyl/N-ethyl adjacent to an activating group) is 10. The highest BCUT2D eigenvalue weighted by Gasteiger charge is 2.22. The molecular formula is C76H134N18O. The van der Waals surface area contributed by atoms with Crippen LogP contribution < -0.4 is 26.6 Å². The fraction of sp³-hybridized carbons (Fsp3) is 0.566. The number of carbonyl (C=O) groups excluding carboxylic acids is 1. The van der Waals surface area contributed by atoms with E-state index in [2.05, 4.69) is 214 Å². The number of hydrogen-bond acceptors (Lipinski definition) is 18. The number of nitrogens with zero attached hydrogens (tertiary/aromatic N) is 13. The molecule has 0 aromatic heterocycles. The first kappa shape index (κ1) is 83.3.